The van der Waals surface area contributed by atoms with Crippen molar-refractivity contribution < 1.29 is 19.1 Å². The molecule has 0 unspecified atom stereocenters. The van der Waals surface area contributed by atoms with E-state index in [2.05, 4.69) is 0 Å². The number of hydrogen-bond donors (Lipinski definition) is 1. The van der Waals surface area contributed by atoms with Crippen LogP contribution in [-0.4, -0.2) is 18.2 Å². The van der Waals surface area contributed by atoms with E-state index >= 15 is 0 Å². The summed E-state index contributed by atoms with van der Waals surface area (Å²) < 4.78 is 10.8. The second-order valence-corrected chi connectivity index (χ2v) is 4.90. The fraction of sp³-hybridized carbons (Fsp3) is 0.0714. The number of methoxy groups -OCH3 is 1. The third kappa shape index (κ3) is 1.88. The van der Waals surface area contributed by atoms with Crippen LogP contribution in [0, 0.1) is 0 Å². The van der Waals surface area contributed by atoms with Gasteiger partial charge in [0.25, 0.3) is 0 Å². The molecule has 1 N–H and O–H groups in total. The Morgan fingerprint density at radius 3 is 2.84 bits per heavy atom. The average Bonchev–Trinajstić information content (AvgIpc) is 3.04. The molecule has 0 bridgehead atoms. The first-order valence-electron chi connectivity index (χ1n) is 5.58. The Balaban J connectivity index is 2.34. The quantitative estimate of drug-likeness (QED) is 0.787. The van der Waals surface area contributed by atoms with Gasteiger partial charge in [-0.05, 0) is 29.6 Å². The van der Waals surface area contributed by atoms with Crippen LogP contribution in [-0.2, 0) is 0 Å². The van der Waals surface area contributed by atoms with E-state index in [1.165, 1.54) is 11.3 Å². The van der Waals surface area contributed by atoms with E-state index < -0.39 is 5.97 Å². The first-order valence-corrected chi connectivity index (χ1v) is 6.46. The van der Waals surface area contributed by atoms with E-state index in [0.29, 0.717) is 22.5 Å². The second-order valence-electron chi connectivity index (χ2n) is 3.95. The van der Waals surface area contributed by atoms with Gasteiger partial charge in [0, 0.05) is 5.39 Å². The number of carbonyl (C=O) groups is 1. The maximum absolute atomic E-state index is 11.5. The molecule has 19 heavy (non-hydrogen) atoms. The normalized spacial score (nSPS) is 10.8. The average molecular weight is 274 g/mol. The minimum absolute atomic E-state index is 0.177. The maximum atomic E-state index is 11.5. The second kappa shape index (κ2) is 4.44. The predicted molar refractivity (Wildman–Crippen MR) is 73.0 cm³/mol. The summed E-state index contributed by atoms with van der Waals surface area (Å²) in [6.45, 7) is 0. The molecule has 0 amide bonds. The molecule has 4 nitrogen and oxygen atoms in total. The van der Waals surface area contributed by atoms with Gasteiger partial charge in [-0.25, -0.2) is 4.79 Å². The largest absolute Gasteiger partial charge is 0.497 e. The highest BCUT2D eigenvalue weighted by Gasteiger charge is 2.22. The fourth-order valence-corrected chi connectivity index (χ4v) is 2.71. The van der Waals surface area contributed by atoms with Crippen LogP contribution in [0.4, 0.5) is 0 Å². The fourth-order valence-electron chi connectivity index (χ4n) is 2.00. The lowest BCUT2D eigenvalue weighted by Crippen LogP contribution is -1.96. The van der Waals surface area contributed by atoms with Crippen molar-refractivity contribution in [2.75, 3.05) is 7.11 Å². The standard InChI is InChI=1S/C14H10O4S/c1-17-8-4-5-10-9(7-8)12(14(15)16)13(18-10)11-3-2-6-19-11/h2-7H,1H3,(H,15,16). The molecule has 96 valence electrons. The molecule has 0 saturated carbocycles. The van der Waals surface area contributed by atoms with Gasteiger partial charge >= 0.3 is 5.97 Å². The Hall–Kier alpha value is -2.27. The van der Waals surface area contributed by atoms with Crippen molar-refractivity contribution in [3.05, 3.63) is 41.3 Å². The lowest BCUT2D eigenvalue weighted by molar-refractivity contribution is 0.0699. The van der Waals surface area contributed by atoms with Gasteiger partial charge in [0.1, 0.15) is 16.9 Å². The summed E-state index contributed by atoms with van der Waals surface area (Å²) in [6.07, 6.45) is 0. The molecule has 2 heterocycles. The van der Waals surface area contributed by atoms with Crippen molar-refractivity contribution in [1.29, 1.82) is 0 Å². The van der Waals surface area contributed by atoms with Crippen molar-refractivity contribution in [3.63, 3.8) is 0 Å². The Morgan fingerprint density at radius 2 is 2.21 bits per heavy atom. The van der Waals surface area contributed by atoms with Crippen molar-refractivity contribution in [3.8, 4) is 16.4 Å². The number of carboxylic acid groups (broad SMARTS) is 1. The number of carboxylic acids is 1. The molecule has 0 saturated heterocycles. The number of fused-ring (bicyclic) bond motifs is 1. The van der Waals surface area contributed by atoms with Gasteiger partial charge in [0.15, 0.2) is 5.76 Å². The summed E-state index contributed by atoms with van der Waals surface area (Å²) in [5.74, 6) is -0.00492. The minimum Gasteiger partial charge on any atom is -0.497 e. The number of aromatic carboxylic acids is 1. The maximum Gasteiger partial charge on any atom is 0.340 e. The Bertz CT molecular complexity index is 740. The van der Waals surface area contributed by atoms with E-state index in [1.54, 1.807) is 25.3 Å². The van der Waals surface area contributed by atoms with E-state index in [0.717, 1.165) is 4.88 Å². The van der Waals surface area contributed by atoms with Crippen LogP contribution in [0.5, 0.6) is 5.75 Å². The smallest absolute Gasteiger partial charge is 0.340 e. The zero-order valence-corrected chi connectivity index (χ0v) is 10.9. The number of benzene rings is 1. The molecular weight excluding hydrogens is 264 g/mol. The number of furan rings is 1. The third-order valence-electron chi connectivity index (χ3n) is 2.85. The van der Waals surface area contributed by atoms with Gasteiger partial charge in [-0.1, -0.05) is 6.07 Å². The van der Waals surface area contributed by atoms with Crippen LogP contribution in [0.2, 0.25) is 0 Å². The van der Waals surface area contributed by atoms with Crippen LogP contribution in [0.1, 0.15) is 10.4 Å². The van der Waals surface area contributed by atoms with E-state index in [1.807, 2.05) is 17.5 Å². The zero-order chi connectivity index (χ0) is 13.4. The molecule has 0 aliphatic heterocycles. The number of rotatable bonds is 3. The Kier molecular flexibility index (Phi) is 2.76. The molecule has 3 aromatic rings. The topological polar surface area (TPSA) is 59.7 Å². The summed E-state index contributed by atoms with van der Waals surface area (Å²) >= 11 is 1.44. The lowest BCUT2D eigenvalue weighted by atomic mass is 10.1. The van der Waals surface area contributed by atoms with Crippen molar-refractivity contribution >= 4 is 28.3 Å². The van der Waals surface area contributed by atoms with Crippen LogP contribution >= 0.6 is 11.3 Å². The first-order chi connectivity index (χ1) is 9.20. The molecule has 0 fully saturated rings. The molecule has 3 rings (SSSR count). The van der Waals surface area contributed by atoms with E-state index in [-0.39, 0.29) is 5.56 Å². The van der Waals surface area contributed by atoms with Crippen LogP contribution in [0.3, 0.4) is 0 Å². The molecule has 0 spiro atoms. The minimum atomic E-state index is -1.00. The first kappa shape index (κ1) is 11.8. The third-order valence-corrected chi connectivity index (χ3v) is 3.72. The van der Waals surface area contributed by atoms with Crippen molar-refractivity contribution in [1.82, 2.24) is 0 Å². The highest BCUT2D eigenvalue weighted by Crippen LogP contribution is 2.37. The number of hydrogen-bond acceptors (Lipinski definition) is 4. The molecule has 0 atom stereocenters. The number of ether oxygens (including phenoxy) is 1. The van der Waals surface area contributed by atoms with Gasteiger partial charge in [0.05, 0.1) is 12.0 Å². The summed E-state index contributed by atoms with van der Waals surface area (Å²) in [6, 6.07) is 8.85. The number of thiophene rings is 1. The monoisotopic (exact) mass is 274 g/mol. The molecule has 5 heteroatoms. The van der Waals surface area contributed by atoms with Gasteiger partial charge in [0.2, 0.25) is 0 Å². The summed E-state index contributed by atoms with van der Waals surface area (Å²) in [4.78, 5) is 12.3. The molecule has 0 aliphatic carbocycles. The molecule has 2 aromatic heterocycles. The van der Waals surface area contributed by atoms with Crippen molar-refractivity contribution in [2.45, 2.75) is 0 Å². The molecular formula is C14H10O4S. The van der Waals surface area contributed by atoms with E-state index in [9.17, 15) is 9.90 Å². The van der Waals surface area contributed by atoms with E-state index in [4.69, 9.17) is 9.15 Å². The van der Waals surface area contributed by atoms with Gasteiger partial charge < -0.3 is 14.3 Å². The molecule has 0 radical (unpaired) electrons. The van der Waals surface area contributed by atoms with Gasteiger partial charge in [-0.3, -0.25) is 0 Å². The highest BCUT2D eigenvalue weighted by molar-refractivity contribution is 7.13. The summed E-state index contributed by atoms with van der Waals surface area (Å²) in [5, 5.41) is 11.9. The highest BCUT2D eigenvalue weighted by atomic mass is 32.1. The summed E-state index contributed by atoms with van der Waals surface area (Å²) in [7, 11) is 1.54. The van der Waals surface area contributed by atoms with Crippen LogP contribution in [0.25, 0.3) is 21.6 Å². The molecule has 1 aromatic carbocycles. The van der Waals surface area contributed by atoms with Crippen molar-refractivity contribution in [2.24, 2.45) is 0 Å². The van der Waals surface area contributed by atoms with Gasteiger partial charge in [-0.15, -0.1) is 11.3 Å². The predicted octanol–water partition coefficient (Wildman–Crippen LogP) is 3.87. The summed E-state index contributed by atoms with van der Waals surface area (Å²) in [5.41, 5.74) is 0.720. The Labute approximate surface area is 112 Å². The SMILES string of the molecule is COc1ccc2oc(-c3cccs3)c(C(=O)O)c2c1. The Morgan fingerprint density at radius 1 is 1.37 bits per heavy atom. The zero-order valence-electron chi connectivity index (χ0n) is 10.0. The van der Waals surface area contributed by atoms with Gasteiger partial charge in [-0.2, -0.15) is 0 Å². The lowest BCUT2D eigenvalue weighted by Gasteiger charge is -1.98. The van der Waals surface area contributed by atoms with Crippen LogP contribution < -0.4 is 4.74 Å². The molecule has 0 aliphatic rings. The van der Waals surface area contributed by atoms with Crippen LogP contribution in [0.15, 0.2) is 40.1 Å².